The quantitative estimate of drug-likeness (QED) is 0.598. The highest BCUT2D eigenvalue weighted by Crippen LogP contribution is 2.31. The number of thioether (sulfide) groups is 1. The summed E-state index contributed by atoms with van der Waals surface area (Å²) in [6.45, 7) is 5.65. The third-order valence-corrected chi connectivity index (χ3v) is 6.15. The zero-order chi connectivity index (χ0) is 17.8. The number of aryl methyl sites for hydroxylation is 2. The van der Waals surface area contributed by atoms with Crippen LogP contribution in [0.5, 0.6) is 0 Å². The monoisotopic (exact) mass is 391 g/mol. The van der Waals surface area contributed by atoms with E-state index in [0.717, 1.165) is 20.9 Å². The average Bonchev–Trinajstić information content (AvgIpc) is 3.18. The number of carbonyl (C=O) groups excluding carboxylic acids is 1. The van der Waals surface area contributed by atoms with Gasteiger partial charge in [0, 0.05) is 23.7 Å². The molecule has 0 bridgehead atoms. The molecular weight excluding hydrogens is 374 g/mol. The molecule has 1 aromatic carbocycles. The second-order valence-corrected chi connectivity index (χ2v) is 8.47. The Morgan fingerprint density at radius 2 is 2.04 bits per heavy atom. The first-order valence-electron chi connectivity index (χ1n) is 7.52. The van der Waals surface area contributed by atoms with E-state index in [-0.39, 0.29) is 5.91 Å². The Hall–Kier alpha value is -1.97. The number of carbonyl (C=O) groups is 1. The highest BCUT2D eigenvalue weighted by molar-refractivity contribution is 8.00. The van der Waals surface area contributed by atoms with Crippen LogP contribution < -0.4 is 10.6 Å². The Morgan fingerprint density at radius 3 is 2.80 bits per heavy atom. The van der Waals surface area contributed by atoms with E-state index in [2.05, 4.69) is 51.8 Å². The highest BCUT2D eigenvalue weighted by Gasteiger charge is 2.08. The van der Waals surface area contributed by atoms with Gasteiger partial charge in [0.15, 0.2) is 9.47 Å². The summed E-state index contributed by atoms with van der Waals surface area (Å²) in [6.07, 6.45) is 0. The van der Waals surface area contributed by atoms with Gasteiger partial charge in [-0.05, 0) is 37.1 Å². The molecule has 130 valence electrons. The second kappa shape index (κ2) is 7.94. The van der Waals surface area contributed by atoms with Crippen molar-refractivity contribution in [3.8, 4) is 0 Å². The Bertz CT molecular complexity index is 890. The normalized spacial score (nSPS) is 10.7. The molecule has 0 atom stereocenters. The van der Waals surface area contributed by atoms with Gasteiger partial charge in [-0.25, -0.2) is 4.98 Å². The van der Waals surface area contributed by atoms with E-state index in [1.165, 1.54) is 40.7 Å². The topological polar surface area (TPSA) is 79.8 Å². The van der Waals surface area contributed by atoms with E-state index in [1.807, 2.05) is 11.4 Å². The van der Waals surface area contributed by atoms with Crippen molar-refractivity contribution in [2.75, 3.05) is 10.6 Å². The smallest absolute Gasteiger partial charge is 0.223 e. The minimum Gasteiger partial charge on any atom is -0.330 e. The number of hydrogen-bond acceptors (Lipinski definition) is 8. The molecule has 2 aromatic heterocycles. The molecule has 0 saturated carbocycles. The van der Waals surface area contributed by atoms with Gasteiger partial charge in [0.2, 0.25) is 11.0 Å². The molecule has 6 nitrogen and oxygen atoms in total. The third kappa shape index (κ3) is 5.00. The van der Waals surface area contributed by atoms with E-state index in [9.17, 15) is 4.79 Å². The zero-order valence-electron chi connectivity index (χ0n) is 14.0. The lowest BCUT2D eigenvalue weighted by Gasteiger charge is -2.05. The molecule has 2 heterocycles. The minimum absolute atomic E-state index is 0.111. The Labute approximate surface area is 158 Å². The summed E-state index contributed by atoms with van der Waals surface area (Å²) in [6, 6.07) is 6.22. The summed E-state index contributed by atoms with van der Waals surface area (Å²) in [5.41, 5.74) is 4.43. The first-order chi connectivity index (χ1) is 12.0. The molecule has 2 N–H and O–H groups in total. The summed E-state index contributed by atoms with van der Waals surface area (Å²) in [5.74, 6) is 0.577. The molecule has 3 aromatic rings. The van der Waals surface area contributed by atoms with E-state index < -0.39 is 0 Å². The fourth-order valence-electron chi connectivity index (χ4n) is 1.98. The number of nitrogens with zero attached hydrogens (tertiary/aromatic N) is 3. The Kier molecular flexibility index (Phi) is 5.67. The number of aromatic nitrogens is 3. The predicted molar refractivity (Wildman–Crippen MR) is 105 cm³/mol. The summed E-state index contributed by atoms with van der Waals surface area (Å²) in [4.78, 5) is 15.4. The molecule has 9 heteroatoms. The van der Waals surface area contributed by atoms with Crippen LogP contribution in [-0.2, 0) is 10.5 Å². The molecule has 0 unspecified atom stereocenters. The number of rotatable bonds is 6. The summed E-state index contributed by atoms with van der Waals surface area (Å²) >= 11 is 4.51. The number of anilines is 3. The van der Waals surface area contributed by atoms with Gasteiger partial charge in [0.1, 0.15) is 0 Å². The van der Waals surface area contributed by atoms with Crippen molar-refractivity contribution in [2.45, 2.75) is 30.9 Å². The van der Waals surface area contributed by atoms with Gasteiger partial charge in [-0.1, -0.05) is 29.2 Å². The van der Waals surface area contributed by atoms with E-state index in [1.54, 1.807) is 11.8 Å². The third-order valence-electron chi connectivity index (χ3n) is 3.34. The van der Waals surface area contributed by atoms with Crippen molar-refractivity contribution in [1.29, 1.82) is 0 Å². The summed E-state index contributed by atoms with van der Waals surface area (Å²) in [5, 5.41) is 17.7. The number of benzene rings is 1. The molecule has 3 rings (SSSR count). The molecular formula is C16H17N5OS3. The lowest BCUT2D eigenvalue weighted by atomic mass is 10.1. The van der Waals surface area contributed by atoms with Gasteiger partial charge in [-0.2, -0.15) is 0 Å². The minimum atomic E-state index is -0.111. The van der Waals surface area contributed by atoms with Crippen molar-refractivity contribution in [3.63, 3.8) is 0 Å². The lowest BCUT2D eigenvalue weighted by molar-refractivity contribution is -0.114. The number of nitrogens with one attached hydrogen (secondary N) is 2. The fraction of sp³-hybridized carbons (Fsp3) is 0.250. The maximum atomic E-state index is 11.0. The second-order valence-electron chi connectivity index (χ2n) is 5.41. The maximum absolute atomic E-state index is 11.0. The van der Waals surface area contributed by atoms with Crippen LogP contribution in [0.3, 0.4) is 0 Å². The molecule has 1 amide bonds. The van der Waals surface area contributed by atoms with Crippen LogP contribution >= 0.6 is 34.4 Å². The highest BCUT2D eigenvalue weighted by atomic mass is 32.2. The molecule has 0 fully saturated rings. The number of amides is 1. The molecule has 0 aliphatic heterocycles. The van der Waals surface area contributed by atoms with Crippen LogP contribution in [0.25, 0.3) is 0 Å². The van der Waals surface area contributed by atoms with Gasteiger partial charge in [-0.3, -0.25) is 4.79 Å². The van der Waals surface area contributed by atoms with Crippen molar-refractivity contribution in [1.82, 2.24) is 15.2 Å². The van der Waals surface area contributed by atoms with Gasteiger partial charge in [0.25, 0.3) is 0 Å². The SMILES string of the molecule is CC(=O)Nc1nc(CSc2nnc(Nc3ccc(C)c(C)c3)s2)cs1. The van der Waals surface area contributed by atoms with E-state index >= 15 is 0 Å². The standard InChI is InChI=1S/C16H17N5OS3/c1-9-4-5-12(6-10(9)2)18-15-20-21-16(25-15)24-8-13-7-23-14(19-13)17-11(3)22/h4-7H,8H2,1-3H3,(H,18,20)(H,17,19,22). The number of thiazole rings is 1. The van der Waals surface area contributed by atoms with E-state index in [4.69, 9.17) is 0 Å². The Morgan fingerprint density at radius 1 is 1.20 bits per heavy atom. The zero-order valence-corrected chi connectivity index (χ0v) is 16.4. The molecule has 0 aliphatic rings. The molecule has 25 heavy (non-hydrogen) atoms. The van der Waals surface area contributed by atoms with Crippen LogP contribution in [0.15, 0.2) is 27.9 Å². The van der Waals surface area contributed by atoms with Gasteiger partial charge >= 0.3 is 0 Å². The molecule has 0 spiro atoms. The average molecular weight is 392 g/mol. The molecule has 0 radical (unpaired) electrons. The Balaban J connectivity index is 1.57. The first-order valence-corrected chi connectivity index (χ1v) is 10.2. The van der Waals surface area contributed by atoms with Crippen LogP contribution in [0.4, 0.5) is 16.0 Å². The van der Waals surface area contributed by atoms with Crippen molar-refractivity contribution < 1.29 is 4.79 Å². The van der Waals surface area contributed by atoms with Gasteiger partial charge in [0.05, 0.1) is 5.69 Å². The molecule has 0 saturated heterocycles. The maximum Gasteiger partial charge on any atom is 0.223 e. The summed E-state index contributed by atoms with van der Waals surface area (Å²) in [7, 11) is 0. The fourth-order valence-corrected chi connectivity index (χ4v) is 4.50. The van der Waals surface area contributed by atoms with Gasteiger partial charge < -0.3 is 10.6 Å². The van der Waals surface area contributed by atoms with Crippen molar-refractivity contribution in [3.05, 3.63) is 40.4 Å². The van der Waals surface area contributed by atoms with Crippen LogP contribution in [-0.4, -0.2) is 21.1 Å². The van der Waals surface area contributed by atoms with Crippen LogP contribution in [0.1, 0.15) is 23.7 Å². The first kappa shape index (κ1) is 17.8. The lowest BCUT2D eigenvalue weighted by Crippen LogP contribution is -2.05. The van der Waals surface area contributed by atoms with Crippen LogP contribution in [0, 0.1) is 13.8 Å². The van der Waals surface area contributed by atoms with E-state index in [0.29, 0.717) is 10.9 Å². The van der Waals surface area contributed by atoms with Crippen molar-refractivity contribution in [2.24, 2.45) is 0 Å². The van der Waals surface area contributed by atoms with Crippen LogP contribution in [0.2, 0.25) is 0 Å². The van der Waals surface area contributed by atoms with Crippen molar-refractivity contribution >= 4 is 56.3 Å². The molecule has 0 aliphatic carbocycles. The van der Waals surface area contributed by atoms with Gasteiger partial charge in [-0.15, -0.1) is 21.5 Å². The largest absolute Gasteiger partial charge is 0.330 e. The number of hydrogen-bond donors (Lipinski definition) is 2. The predicted octanol–water partition coefficient (Wildman–Crippen LogP) is 4.61. The summed E-state index contributed by atoms with van der Waals surface area (Å²) < 4.78 is 0.875.